The molecule has 1 heterocycles. The Morgan fingerprint density at radius 2 is 2.11 bits per heavy atom. The highest BCUT2D eigenvalue weighted by atomic mass is 35.5. The molecule has 0 radical (unpaired) electrons. The van der Waals surface area contributed by atoms with Crippen LogP contribution in [0.15, 0.2) is 6.07 Å². The molecule has 0 spiro atoms. The number of aliphatic hydroxyl groups excluding tert-OH is 1. The molecule has 2 N–H and O–H groups in total. The van der Waals surface area contributed by atoms with Gasteiger partial charge in [-0.25, -0.2) is 9.97 Å². The summed E-state index contributed by atoms with van der Waals surface area (Å²) in [5.74, 6) is 1.99. The van der Waals surface area contributed by atoms with E-state index in [9.17, 15) is 5.11 Å². The van der Waals surface area contributed by atoms with E-state index in [0.717, 1.165) is 25.1 Å². The van der Waals surface area contributed by atoms with Crippen LogP contribution in [0.3, 0.4) is 0 Å². The monoisotopic (exact) mass is 283 g/mol. The van der Waals surface area contributed by atoms with E-state index in [1.165, 1.54) is 0 Å². The molecule has 0 aliphatic heterocycles. The van der Waals surface area contributed by atoms with Gasteiger partial charge in [-0.3, -0.25) is 0 Å². The fourth-order valence-electron chi connectivity index (χ4n) is 2.05. The standard InChI is InChI=1S/C14H22ClN3O/c1-14(2,3)7-10(19)8-16-12-6-11(15)17-13(18-12)9-4-5-9/h6,9-10,19H,4-5,7-8H2,1-3H3,(H,16,17,18). The zero-order valence-electron chi connectivity index (χ0n) is 11.8. The Morgan fingerprint density at radius 1 is 1.42 bits per heavy atom. The normalized spacial score (nSPS) is 17.3. The molecule has 1 atom stereocenters. The van der Waals surface area contributed by atoms with Gasteiger partial charge in [-0.1, -0.05) is 32.4 Å². The second kappa shape index (κ2) is 5.63. The van der Waals surface area contributed by atoms with Crippen LogP contribution >= 0.6 is 11.6 Å². The summed E-state index contributed by atoms with van der Waals surface area (Å²) in [4.78, 5) is 8.68. The van der Waals surface area contributed by atoms with Crippen LogP contribution in [-0.4, -0.2) is 27.7 Å². The number of hydrogen-bond acceptors (Lipinski definition) is 4. The second-order valence-electron chi connectivity index (χ2n) is 6.51. The Balaban J connectivity index is 1.92. The maximum absolute atomic E-state index is 9.97. The van der Waals surface area contributed by atoms with Crippen LogP contribution in [0, 0.1) is 5.41 Å². The highest BCUT2D eigenvalue weighted by molar-refractivity contribution is 6.29. The third-order valence-corrected chi connectivity index (χ3v) is 3.22. The largest absolute Gasteiger partial charge is 0.391 e. The van der Waals surface area contributed by atoms with Gasteiger partial charge in [0.2, 0.25) is 0 Å². The summed E-state index contributed by atoms with van der Waals surface area (Å²) in [5.41, 5.74) is 0.115. The molecule has 4 nitrogen and oxygen atoms in total. The van der Waals surface area contributed by atoms with Crippen molar-refractivity contribution < 1.29 is 5.11 Å². The number of nitrogens with one attached hydrogen (secondary N) is 1. The minimum absolute atomic E-state index is 0.115. The lowest BCUT2D eigenvalue weighted by atomic mass is 9.89. The lowest BCUT2D eigenvalue weighted by Gasteiger charge is -2.22. The van der Waals surface area contributed by atoms with Crippen molar-refractivity contribution in [2.24, 2.45) is 5.41 Å². The molecular weight excluding hydrogens is 262 g/mol. The van der Waals surface area contributed by atoms with Gasteiger partial charge in [0.25, 0.3) is 0 Å². The maximum atomic E-state index is 9.97. The van der Waals surface area contributed by atoms with Crippen LogP contribution in [0.1, 0.15) is 51.8 Å². The van der Waals surface area contributed by atoms with E-state index in [2.05, 4.69) is 36.1 Å². The molecule has 2 rings (SSSR count). The van der Waals surface area contributed by atoms with Crippen molar-refractivity contribution in [3.05, 3.63) is 17.0 Å². The number of nitrogens with zero attached hydrogens (tertiary/aromatic N) is 2. The van der Waals surface area contributed by atoms with Crippen molar-refractivity contribution in [3.8, 4) is 0 Å². The van der Waals surface area contributed by atoms with Crippen LogP contribution in [0.5, 0.6) is 0 Å². The Bertz CT molecular complexity index is 441. The first-order chi connectivity index (χ1) is 8.83. The van der Waals surface area contributed by atoms with Gasteiger partial charge in [0.1, 0.15) is 16.8 Å². The van der Waals surface area contributed by atoms with Gasteiger partial charge in [-0.2, -0.15) is 0 Å². The molecule has 1 aliphatic carbocycles. The zero-order valence-corrected chi connectivity index (χ0v) is 12.5. The van der Waals surface area contributed by atoms with Gasteiger partial charge < -0.3 is 10.4 Å². The lowest BCUT2D eigenvalue weighted by molar-refractivity contribution is 0.132. The van der Waals surface area contributed by atoms with Crippen LogP contribution in [-0.2, 0) is 0 Å². The van der Waals surface area contributed by atoms with Crippen LogP contribution in [0.4, 0.5) is 5.82 Å². The summed E-state index contributed by atoms with van der Waals surface area (Å²) in [6, 6.07) is 1.71. The van der Waals surface area contributed by atoms with Gasteiger partial charge in [0, 0.05) is 18.5 Å². The average Bonchev–Trinajstić information content (AvgIpc) is 3.07. The van der Waals surface area contributed by atoms with Gasteiger partial charge in [0.05, 0.1) is 6.10 Å². The highest BCUT2D eigenvalue weighted by Gasteiger charge is 2.27. The van der Waals surface area contributed by atoms with Crippen molar-refractivity contribution in [1.82, 2.24) is 9.97 Å². The summed E-state index contributed by atoms with van der Waals surface area (Å²) in [5, 5.41) is 13.6. The lowest BCUT2D eigenvalue weighted by Crippen LogP contribution is -2.25. The van der Waals surface area contributed by atoms with Crippen LogP contribution < -0.4 is 5.32 Å². The Labute approximate surface area is 119 Å². The van der Waals surface area contributed by atoms with E-state index in [1.54, 1.807) is 6.07 Å². The van der Waals surface area contributed by atoms with Crippen LogP contribution in [0.2, 0.25) is 5.15 Å². The van der Waals surface area contributed by atoms with E-state index >= 15 is 0 Å². The van der Waals surface area contributed by atoms with Crippen LogP contribution in [0.25, 0.3) is 0 Å². The summed E-state index contributed by atoms with van der Waals surface area (Å²) in [6.45, 7) is 6.82. The number of halogens is 1. The number of anilines is 1. The smallest absolute Gasteiger partial charge is 0.135 e. The minimum atomic E-state index is -0.391. The molecule has 19 heavy (non-hydrogen) atoms. The SMILES string of the molecule is CC(C)(C)CC(O)CNc1cc(Cl)nc(C2CC2)n1. The predicted octanol–water partition coefficient (Wildman–Crippen LogP) is 3.22. The molecule has 1 fully saturated rings. The van der Waals surface area contributed by atoms with Crippen molar-refractivity contribution in [1.29, 1.82) is 0 Å². The van der Waals surface area contributed by atoms with Crippen molar-refractivity contribution >= 4 is 17.4 Å². The van der Waals surface area contributed by atoms with Gasteiger partial charge in [-0.15, -0.1) is 0 Å². The van der Waals surface area contributed by atoms with E-state index in [0.29, 0.717) is 23.4 Å². The van der Waals surface area contributed by atoms with E-state index in [-0.39, 0.29) is 5.41 Å². The molecule has 0 bridgehead atoms. The number of aliphatic hydroxyl groups is 1. The first-order valence-corrected chi connectivity index (χ1v) is 7.18. The Kier molecular flexibility index (Phi) is 4.31. The minimum Gasteiger partial charge on any atom is -0.391 e. The molecule has 1 aromatic heterocycles. The predicted molar refractivity (Wildman–Crippen MR) is 77.6 cm³/mol. The summed E-state index contributed by atoms with van der Waals surface area (Å²) in [6.07, 6.45) is 2.64. The fourth-order valence-corrected chi connectivity index (χ4v) is 2.24. The summed E-state index contributed by atoms with van der Waals surface area (Å²) < 4.78 is 0. The van der Waals surface area contributed by atoms with E-state index in [1.807, 2.05) is 0 Å². The van der Waals surface area contributed by atoms with Gasteiger partial charge in [-0.05, 0) is 24.7 Å². The molecule has 0 amide bonds. The fraction of sp³-hybridized carbons (Fsp3) is 0.714. The van der Waals surface area contributed by atoms with Gasteiger partial charge in [0.15, 0.2) is 0 Å². The maximum Gasteiger partial charge on any atom is 0.135 e. The summed E-state index contributed by atoms with van der Waals surface area (Å²) >= 11 is 5.99. The first kappa shape index (κ1) is 14.5. The Hall–Kier alpha value is -0.870. The summed E-state index contributed by atoms with van der Waals surface area (Å²) in [7, 11) is 0. The molecular formula is C14H22ClN3O. The number of aromatic nitrogens is 2. The topological polar surface area (TPSA) is 58.0 Å². The average molecular weight is 284 g/mol. The van der Waals surface area contributed by atoms with Crippen molar-refractivity contribution in [2.45, 2.75) is 52.1 Å². The molecule has 106 valence electrons. The molecule has 1 aliphatic rings. The third kappa shape index (κ3) is 4.96. The highest BCUT2D eigenvalue weighted by Crippen LogP contribution is 2.38. The number of hydrogen-bond donors (Lipinski definition) is 2. The third-order valence-electron chi connectivity index (χ3n) is 3.02. The first-order valence-electron chi connectivity index (χ1n) is 6.80. The second-order valence-corrected chi connectivity index (χ2v) is 6.90. The quantitative estimate of drug-likeness (QED) is 0.815. The Morgan fingerprint density at radius 3 is 2.68 bits per heavy atom. The molecule has 5 heteroatoms. The van der Waals surface area contributed by atoms with E-state index in [4.69, 9.17) is 11.6 Å². The molecule has 0 aromatic carbocycles. The molecule has 1 saturated carbocycles. The van der Waals surface area contributed by atoms with Crippen molar-refractivity contribution in [2.75, 3.05) is 11.9 Å². The van der Waals surface area contributed by atoms with Gasteiger partial charge >= 0.3 is 0 Å². The number of rotatable bonds is 5. The molecule has 0 saturated heterocycles. The van der Waals surface area contributed by atoms with E-state index < -0.39 is 6.10 Å². The van der Waals surface area contributed by atoms with Crippen molar-refractivity contribution in [3.63, 3.8) is 0 Å². The zero-order chi connectivity index (χ0) is 14.0. The molecule has 1 aromatic rings. The molecule has 1 unspecified atom stereocenters.